The summed E-state index contributed by atoms with van der Waals surface area (Å²) in [5, 5.41) is 9.35. The van der Waals surface area contributed by atoms with Crippen LogP contribution in [0.15, 0.2) is 53.6 Å². The number of ketones is 1. The molecule has 0 saturated carbocycles. The number of aliphatic carboxylic acids is 1. The van der Waals surface area contributed by atoms with Crippen molar-refractivity contribution in [3.8, 4) is 16.9 Å². The summed E-state index contributed by atoms with van der Waals surface area (Å²) in [6.45, 7) is -0.421. The van der Waals surface area contributed by atoms with Gasteiger partial charge in [0.2, 0.25) is 0 Å². The molecule has 1 unspecified atom stereocenters. The van der Waals surface area contributed by atoms with Crippen molar-refractivity contribution in [2.75, 3.05) is 11.4 Å². The van der Waals surface area contributed by atoms with E-state index in [1.54, 1.807) is 0 Å². The fraction of sp³-hybridized carbons (Fsp3) is 0.227. The minimum Gasteiger partial charge on any atom is -0.481 e. The molecule has 1 aliphatic heterocycles. The van der Waals surface area contributed by atoms with Crippen LogP contribution < -0.4 is 9.64 Å². The first-order valence-electron chi connectivity index (χ1n) is 9.52. The standard InChI is InChI=1S/C22H15F4NO5/c23-16-9-12(11-2-1-3-13(8-11)32-22(24,25)26)4-7-17(16)27-10-18(28)14-5-6-15(21(30)31)19(14)20(27)29/h1-4,7-9,15H,5-6,10H2,(H,30,31). The molecule has 0 radical (unpaired) electrons. The molecule has 1 N–H and O–H groups in total. The first kappa shape index (κ1) is 21.5. The van der Waals surface area contributed by atoms with Crippen molar-refractivity contribution in [2.45, 2.75) is 19.2 Å². The Morgan fingerprint density at radius 3 is 2.47 bits per heavy atom. The lowest BCUT2D eigenvalue weighted by Crippen LogP contribution is -2.43. The van der Waals surface area contributed by atoms with Crippen LogP contribution in [-0.2, 0) is 14.4 Å². The van der Waals surface area contributed by atoms with Crippen LogP contribution in [-0.4, -0.2) is 35.7 Å². The number of halogens is 4. The number of alkyl halides is 3. The lowest BCUT2D eigenvalue weighted by Gasteiger charge is -2.29. The Kier molecular flexibility index (Phi) is 5.23. The molecule has 2 aliphatic rings. The third kappa shape index (κ3) is 3.95. The van der Waals surface area contributed by atoms with Gasteiger partial charge in [-0.1, -0.05) is 18.2 Å². The van der Waals surface area contributed by atoms with E-state index in [9.17, 15) is 37.1 Å². The Hall–Kier alpha value is -3.69. The maximum Gasteiger partial charge on any atom is 0.573 e. The summed E-state index contributed by atoms with van der Waals surface area (Å²) in [7, 11) is 0. The molecule has 6 nitrogen and oxygen atoms in total. The Bertz CT molecular complexity index is 1170. The summed E-state index contributed by atoms with van der Waals surface area (Å²) in [6, 6.07) is 8.60. The van der Waals surface area contributed by atoms with E-state index in [1.807, 2.05) is 0 Å². The normalized spacial score (nSPS) is 18.8. The molecule has 2 aromatic rings. The van der Waals surface area contributed by atoms with Crippen molar-refractivity contribution in [3.63, 3.8) is 0 Å². The average Bonchev–Trinajstić information content (AvgIpc) is 3.16. The van der Waals surface area contributed by atoms with Crippen molar-refractivity contribution < 1.29 is 41.8 Å². The Morgan fingerprint density at radius 1 is 1.09 bits per heavy atom. The predicted octanol–water partition coefficient (Wildman–Crippen LogP) is 4.10. The van der Waals surface area contributed by atoms with Gasteiger partial charge in [0.25, 0.3) is 5.91 Å². The fourth-order valence-corrected chi connectivity index (χ4v) is 4.02. The molecular formula is C22H15F4NO5. The van der Waals surface area contributed by atoms with E-state index >= 15 is 0 Å². The van der Waals surface area contributed by atoms with E-state index in [2.05, 4.69) is 4.74 Å². The van der Waals surface area contributed by atoms with Gasteiger partial charge in [-0.05, 0) is 48.2 Å². The molecule has 1 heterocycles. The number of Topliss-reactive ketones (excluding diaryl/α,β-unsaturated/α-hetero) is 1. The van der Waals surface area contributed by atoms with Crippen LogP contribution in [0, 0.1) is 11.7 Å². The summed E-state index contributed by atoms with van der Waals surface area (Å²) in [5.41, 5.74) is 0.299. The van der Waals surface area contributed by atoms with Crippen LogP contribution in [0.2, 0.25) is 0 Å². The highest BCUT2D eigenvalue weighted by atomic mass is 19.4. The molecule has 2 aromatic carbocycles. The molecule has 0 fully saturated rings. The molecule has 166 valence electrons. The highest BCUT2D eigenvalue weighted by Crippen LogP contribution is 2.39. The van der Waals surface area contributed by atoms with Crippen molar-refractivity contribution >= 4 is 23.3 Å². The van der Waals surface area contributed by atoms with Gasteiger partial charge in [-0.3, -0.25) is 19.3 Å². The smallest absolute Gasteiger partial charge is 0.481 e. The molecular weight excluding hydrogens is 434 g/mol. The van der Waals surface area contributed by atoms with Crippen LogP contribution in [0.4, 0.5) is 23.2 Å². The van der Waals surface area contributed by atoms with Gasteiger partial charge in [0, 0.05) is 11.1 Å². The van der Waals surface area contributed by atoms with Gasteiger partial charge in [-0.25, -0.2) is 4.39 Å². The molecule has 0 bridgehead atoms. The molecule has 0 saturated heterocycles. The molecule has 1 aliphatic carbocycles. The number of anilines is 1. The van der Waals surface area contributed by atoms with Gasteiger partial charge in [-0.2, -0.15) is 0 Å². The maximum absolute atomic E-state index is 14.9. The lowest BCUT2D eigenvalue weighted by atomic mass is 9.94. The predicted molar refractivity (Wildman–Crippen MR) is 103 cm³/mol. The number of rotatable bonds is 4. The number of benzene rings is 2. The second-order valence-corrected chi connectivity index (χ2v) is 7.38. The Balaban J connectivity index is 1.65. The van der Waals surface area contributed by atoms with E-state index in [0.717, 1.165) is 23.1 Å². The molecule has 4 rings (SSSR count). The average molecular weight is 449 g/mol. The van der Waals surface area contributed by atoms with Crippen LogP contribution in [0.25, 0.3) is 11.1 Å². The van der Waals surface area contributed by atoms with E-state index < -0.39 is 48.1 Å². The molecule has 32 heavy (non-hydrogen) atoms. The summed E-state index contributed by atoms with van der Waals surface area (Å²) >= 11 is 0. The zero-order valence-corrected chi connectivity index (χ0v) is 16.3. The third-order valence-electron chi connectivity index (χ3n) is 5.41. The zero-order chi connectivity index (χ0) is 23.2. The number of hydrogen-bond acceptors (Lipinski definition) is 4. The highest BCUT2D eigenvalue weighted by Gasteiger charge is 2.44. The number of amides is 1. The number of ether oxygens (including phenoxy) is 1. The Labute approximate surface area is 178 Å². The van der Waals surface area contributed by atoms with E-state index in [1.165, 1.54) is 24.3 Å². The minimum absolute atomic E-state index is 0.116. The van der Waals surface area contributed by atoms with Crippen LogP contribution >= 0.6 is 0 Å². The lowest BCUT2D eigenvalue weighted by molar-refractivity contribution is -0.274. The van der Waals surface area contributed by atoms with Gasteiger partial charge in [0.05, 0.1) is 18.2 Å². The maximum atomic E-state index is 14.9. The van der Waals surface area contributed by atoms with Crippen molar-refractivity contribution in [1.29, 1.82) is 0 Å². The van der Waals surface area contributed by atoms with Crippen molar-refractivity contribution in [3.05, 3.63) is 59.4 Å². The second kappa shape index (κ2) is 7.77. The SMILES string of the molecule is O=C1CN(c2ccc(-c3cccc(OC(F)(F)F)c3)cc2F)C(=O)C2=C1CCC2C(=O)O. The molecule has 0 spiro atoms. The monoisotopic (exact) mass is 449 g/mol. The number of hydrogen-bond donors (Lipinski definition) is 1. The molecule has 1 amide bonds. The van der Waals surface area contributed by atoms with E-state index in [0.29, 0.717) is 0 Å². The number of nitrogens with zero attached hydrogens (tertiary/aromatic N) is 1. The largest absolute Gasteiger partial charge is 0.573 e. The number of carboxylic acid groups (broad SMARTS) is 1. The first-order valence-corrected chi connectivity index (χ1v) is 9.52. The molecule has 10 heteroatoms. The number of carbonyl (C=O) groups excluding carboxylic acids is 2. The van der Waals surface area contributed by atoms with E-state index in [-0.39, 0.29) is 40.8 Å². The summed E-state index contributed by atoms with van der Waals surface area (Å²) in [5.74, 6) is -4.89. The van der Waals surface area contributed by atoms with Gasteiger partial charge in [-0.15, -0.1) is 13.2 Å². The van der Waals surface area contributed by atoms with Crippen molar-refractivity contribution in [1.82, 2.24) is 0 Å². The van der Waals surface area contributed by atoms with Gasteiger partial charge >= 0.3 is 12.3 Å². The highest BCUT2D eigenvalue weighted by molar-refractivity contribution is 6.21. The summed E-state index contributed by atoms with van der Waals surface area (Å²) in [6.07, 6.45) is -4.57. The van der Waals surface area contributed by atoms with Gasteiger partial charge < -0.3 is 9.84 Å². The fourth-order valence-electron chi connectivity index (χ4n) is 4.02. The second-order valence-electron chi connectivity index (χ2n) is 7.38. The van der Waals surface area contributed by atoms with Crippen LogP contribution in [0.5, 0.6) is 5.75 Å². The topological polar surface area (TPSA) is 83.9 Å². The first-order chi connectivity index (χ1) is 15.0. The quantitative estimate of drug-likeness (QED) is 0.711. The van der Waals surface area contributed by atoms with Crippen LogP contribution in [0.1, 0.15) is 12.8 Å². The van der Waals surface area contributed by atoms with Gasteiger partial charge in [0.15, 0.2) is 5.78 Å². The van der Waals surface area contributed by atoms with Crippen molar-refractivity contribution in [2.24, 2.45) is 5.92 Å². The number of carboxylic acids is 1. The van der Waals surface area contributed by atoms with E-state index in [4.69, 9.17) is 0 Å². The zero-order valence-electron chi connectivity index (χ0n) is 16.3. The molecule has 0 aromatic heterocycles. The van der Waals surface area contributed by atoms with Crippen LogP contribution in [0.3, 0.4) is 0 Å². The third-order valence-corrected chi connectivity index (χ3v) is 5.41. The number of carbonyl (C=O) groups is 3. The summed E-state index contributed by atoms with van der Waals surface area (Å²) < 4.78 is 56.2. The summed E-state index contributed by atoms with van der Waals surface area (Å²) in [4.78, 5) is 37.7. The minimum atomic E-state index is -4.88. The molecule has 1 atom stereocenters. The Morgan fingerprint density at radius 2 is 1.81 bits per heavy atom. The van der Waals surface area contributed by atoms with Gasteiger partial charge in [0.1, 0.15) is 11.6 Å².